The van der Waals surface area contributed by atoms with Gasteiger partial charge in [0.1, 0.15) is 0 Å². The monoisotopic (exact) mass is 315 g/mol. The number of carbonyl (C=O) groups is 2. The molecule has 0 N–H and O–H groups in total. The Morgan fingerprint density at radius 1 is 0.913 bits per heavy atom. The molecule has 23 heavy (non-hydrogen) atoms. The van der Waals surface area contributed by atoms with Crippen LogP contribution >= 0.6 is 0 Å². The zero-order chi connectivity index (χ0) is 17.1. The number of methoxy groups -OCH3 is 2. The summed E-state index contributed by atoms with van der Waals surface area (Å²) >= 11 is 0. The third-order valence-electron chi connectivity index (χ3n) is 4.31. The van der Waals surface area contributed by atoms with E-state index in [9.17, 15) is 9.59 Å². The third-order valence-corrected chi connectivity index (χ3v) is 4.31. The lowest BCUT2D eigenvalue weighted by Crippen LogP contribution is -2.33. The molecule has 0 aromatic heterocycles. The van der Waals surface area contributed by atoms with Crippen LogP contribution in [-0.4, -0.2) is 38.1 Å². The molecule has 0 bridgehead atoms. The van der Waals surface area contributed by atoms with Gasteiger partial charge < -0.3 is 14.4 Å². The molecule has 1 aromatic rings. The molecule has 0 aliphatic carbocycles. The first kappa shape index (κ1) is 16.8. The van der Waals surface area contributed by atoms with E-state index in [0.29, 0.717) is 11.1 Å². The van der Waals surface area contributed by atoms with Crippen molar-refractivity contribution in [2.45, 2.75) is 19.8 Å². The van der Waals surface area contributed by atoms with E-state index in [1.165, 1.54) is 14.2 Å². The molecule has 0 spiro atoms. The zero-order valence-corrected chi connectivity index (χ0v) is 14.0. The van der Waals surface area contributed by atoms with Crippen molar-refractivity contribution in [3.05, 3.63) is 58.4 Å². The minimum atomic E-state index is -0.507. The standard InChI is InChI=1S/C18H21NO4/c1-11-14(17(20)22-4)16(13-9-7-6-8-10-13)15(18(21)23-5)12(2)19(11)3/h6-10,16H,1-5H3. The molecule has 1 aliphatic heterocycles. The van der Waals surface area contributed by atoms with Crippen molar-refractivity contribution in [3.8, 4) is 0 Å². The maximum absolute atomic E-state index is 12.4. The van der Waals surface area contributed by atoms with Crippen LogP contribution < -0.4 is 0 Å². The zero-order valence-electron chi connectivity index (χ0n) is 14.0. The Bertz CT molecular complexity index is 648. The number of allylic oxidation sites excluding steroid dienone is 2. The molecule has 1 aromatic carbocycles. The van der Waals surface area contributed by atoms with Crippen molar-refractivity contribution in [3.63, 3.8) is 0 Å². The first-order valence-corrected chi connectivity index (χ1v) is 7.30. The van der Waals surface area contributed by atoms with Crippen molar-refractivity contribution in [1.82, 2.24) is 4.90 Å². The highest BCUT2D eigenvalue weighted by atomic mass is 16.5. The van der Waals surface area contributed by atoms with Crippen LogP contribution in [-0.2, 0) is 19.1 Å². The van der Waals surface area contributed by atoms with Gasteiger partial charge in [-0.2, -0.15) is 0 Å². The average molecular weight is 315 g/mol. The van der Waals surface area contributed by atoms with Crippen molar-refractivity contribution in [1.29, 1.82) is 0 Å². The van der Waals surface area contributed by atoms with Crippen LogP contribution in [0.4, 0.5) is 0 Å². The predicted octanol–water partition coefficient (Wildman–Crippen LogP) is 2.61. The summed E-state index contributed by atoms with van der Waals surface area (Å²) in [5.41, 5.74) is 3.27. The summed E-state index contributed by atoms with van der Waals surface area (Å²) in [5.74, 6) is -1.40. The van der Waals surface area contributed by atoms with E-state index in [4.69, 9.17) is 9.47 Å². The molecule has 5 nitrogen and oxygen atoms in total. The van der Waals surface area contributed by atoms with Gasteiger partial charge in [-0.05, 0) is 19.4 Å². The molecular weight excluding hydrogens is 294 g/mol. The largest absolute Gasteiger partial charge is 0.466 e. The van der Waals surface area contributed by atoms with E-state index in [0.717, 1.165) is 17.0 Å². The number of hydrogen-bond acceptors (Lipinski definition) is 5. The summed E-state index contributed by atoms with van der Waals surface area (Å²) < 4.78 is 9.92. The second kappa shape index (κ2) is 6.69. The van der Waals surface area contributed by atoms with Gasteiger partial charge in [0.05, 0.1) is 31.3 Å². The lowest BCUT2D eigenvalue weighted by Gasteiger charge is -2.35. The van der Waals surface area contributed by atoms with Crippen molar-refractivity contribution in [2.24, 2.45) is 0 Å². The van der Waals surface area contributed by atoms with Crippen LogP contribution in [0.5, 0.6) is 0 Å². The summed E-state index contributed by atoms with van der Waals surface area (Å²) in [5, 5.41) is 0. The molecular formula is C18H21NO4. The van der Waals surface area contributed by atoms with Gasteiger partial charge in [0.15, 0.2) is 0 Å². The van der Waals surface area contributed by atoms with Gasteiger partial charge in [-0.3, -0.25) is 0 Å². The number of carbonyl (C=O) groups excluding carboxylic acids is 2. The summed E-state index contributed by atoms with van der Waals surface area (Å²) in [7, 11) is 4.50. The quantitative estimate of drug-likeness (QED) is 0.803. The van der Waals surface area contributed by atoms with Gasteiger partial charge in [0.25, 0.3) is 0 Å². The number of rotatable bonds is 3. The van der Waals surface area contributed by atoms with Gasteiger partial charge in [-0.25, -0.2) is 9.59 Å². The highest BCUT2D eigenvalue weighted by Gasteiger charge is 2.39. The number of hydrogen-bond donors (Lipinski definition) is 0. The summed E-state index contributed by atoms with van der Waals surface area (Å²) in [6.07, 6.45) is 0. The maximum Gasteiger partial charge on any atom is 0.336 e. The molecule has 0 fully saturated rings. The van der Waals surface area contributed by atoms with Gasteiger partial charge in [0, 0.05) is 18.4 Å². The van der Waals surface area contributed by atoms with Crippen LogP contribution in [0.3, 0.4) is 0 Å². The number of esters is 2. The molecule has 122 valence electrons. The van der Waals surface area contributed by atoms with Crippen molar-refractivity contribution >= 4 is 11.9 Å². The minimum Gasteiger partial charge on any atom is -0.466 e. The molecule has 0 amide bonds. The van der Waals surface area contributed by atoms with E-state index in [1.54, 1.807) is 0 Å². The molecule has 1 aliphatic rings. The molecule has 0 saturated heterocycles. The number of ether oxygens (including phenoxy) is 2. The lowest BCUT2D eigenvalue weighted by atomic mass is 9.80. The minimum absolute atomic E-state index is 0.447. The topological polar surface area (TPSA) is 55.8 Å². The predicted molar refractivity (Wildman–Crippen MR) is 86.4 cm³/mol. The second-order valence-corrected chi connectivity index (χ2v) is 5.38. The van der Waals surface area contributed by atoms with Crippen molar-refractivity contribution < 1.29 is 19.1 Å². The van der Waals surface area contributed by atoms with Crippen LogP contribution in [0.2, 0.25) is 0 Å². The molecule has 0 radical (unpaired) electrons. The molecule has 5 heteroatoms. The summed E-state index contributed by atoms with van der Waals surface area (Å²) in [6, 6.07) is 9.43. The van der Waals surface area contributed by atoms with E-state index in [1.807, 2.05) is 56.1 Å². The molecule has 2 rings (SSSR count). The molecule has 0 saturated carbocycles. The lowest BCUT2D eigenvalue weighted by molar-refractivity contribution is -0.137. The fraction of sp³-hybridized carbons (Fsp3) is 0.333. The Hall–Kier alpha value is -2.56. The molecule has 1 heterocycles. The van der Waals surface area contributed by atoms with Crippen LogP contribution in [0.15, 0.2) is 52.9 Å². The highest BCUT2D eigenvalue weighted by molar-refractivity contribution is 5.99. The fourth-order valence-electron chi connectivity index (χ4n) is 2.90. The maximum atomic E-state index is 12.4. The Morgan fingerprint density at radius 2 is 1.35 bits per heavy atom. The molecule has 0 atom stereocenters. The average Bonchev–Trinajstić information content (AvgIpc) is 2.58. The van der Waals surface area contributed by atoms with Gasteiger partial charge in [0.2, 0.25) is 0 Å². The first-order chi connectivity index (χ1) is 10.9. The highest BCUT2D eigenvalue weighted by Crippen LogP contribution is 2.41. The van der Waals surface area contributed by atoms with E-state index in [2.05, 4.69) is 0 Å². The Morgan fingerprint density at radius 3 is 1.74 bits per heavy atom. The number of nitrogens with zero attached hydrogens (tertiary/aromatic N) is 1. The summed E-state index contributed by atoms with van der Waals surface area (Å²) in [6.45, 7) is 3.69. The van der Waals surface area contributed by atoms with Gasteiger partial charge in [-0.15, -0.1) is 0 Å². The van der Waals surface area contributed by atoms with Gasteiger partial charge in [-0.1, -0.05) is 30.3 Å². The van der Waals surface area contributed by atoms with Crippen LogP contribution in [0.25, 0.3) is 0 Å². The Kier molecular flexibility index (Phi) is 4.89. The van der Waals surface area contributed by atoms with Crippen LogP contribution in [0.1, 0.15) is 25.3 Å². The summed E-state index contributed by atoms with van der Waals surface area (Å²) in [4.78, 5) is 26.6. The molecule has 0 unspecified atom stereocenters. The van der Waals surface area contributed by atoms with Crippen molar-refractivity contribution in [2.75, 3.05) is 21.3 Å². The number of benzene rings is 1. The fourth-order valence-corrected chi connectivity index (χ4v) is 2.90. The first-order valence-electron chi connectivity index (χ1n) is 7.30. The SMILES string of the molecule is COC(=O)C1=C(C)N(C)C(C)=C(C(=O)OC)C1c1ccccc1. The Labute approximate surface area is 136 Å². The van der Waals surface area contributed by atoms with E-state index >= 15 is 0 Å². The normalized spacial score (nSPS) is 15.8. The van der Waals surface area contributed by atoms with E-state index in [-0.39, 0.29) is 0 Å². The second-order valence-electron chi connectivity index (χ2n) is 5.38. The van der Waals surface area contributed by atoms with Crippen LogP contribution in [0, 0.1) is 0 Å². The Balaban J connectivity index is 2.74. The third kappa shape index (κ3) is 2.86. The van der Waals surface area contributed by atoms with E-state index < -0.39 is 17.9 Å². The van der Waals surface area contributed by atoms with Gasteiger partial charge >= 0.3 is 11.9 Å². The smallest absolute Gasteiger partial charge is 0.336 e.